The molecule has 0 bridgehead atoms. The SMILES string of the molecule is N#CC1(C(=O)N2CCc3ncnc(-c4ccncc4)c3CC2)CCCC1. The van der Waals surface area contributed by atoms with Gasteiger partial charge in [0.1, 0.15) is 11.7 Å². The Kier molecular flexibility index (Phi) is 4.37. The van der Waals surface area contributed by atoms with Crippen molar-refractivity contribution in [2.45, 2.75) is 38.5 Å². The van der Waals surface area contributed by atoms with E-state index in [9.17, 15) is 10.1 Å². The van der Waals surface area contributed by atoms with Crippen LogP contribution in [0.5, 0.6) is 0 Å². The number of hydrogen-bond acceptors (Lipinski definition) is 5. The standard InChI is InChI=1S/C20H21N5O/c21-13-20(7-1-2-8-20)19(26)25-11-5-16-17(6-12-25)23-14-24-18(16)15-3-9-22-10-4-15/h3-4,9-10,14H,1-2,5-8,11-12H2. The molecule has 1 aliphatic carbocycles. The van der Waals surface area contributed by atoms with E-state index in [4.69, 9.17) is 0 Å². The number of aromatic nitrogens is 3. The fourth-order valence-electron chi connectivity index (χ4n) is 4.14. The fourth-order valence-corrected chi connectivity index (χ4v) is 4.14. The van der Waals surface area contributed by atoms with Crippen molar-refractivity contribution in [2.75, 3.05) is 13.1 Å². The molecule has 2 aromatic rings. The van der Waals surface area contributed by atoms with E-state index in [1.807, 2.05) is 17.0 Å². The molecule has 1 fully saturated rings. The van der Waals surface area contributed by atoms with Gasteiger partial charge >= 0.3 is 0 Å². The quantitative estimate of drug-likeness (QED) is 0.834. The van der Waals surface area contributed by atoms with Crippen LogP contribution in [0.15, 0.2) is 30.9 Å². The molecule has 4 rings (SSSR count). The molecule has 132 valence electrons. The largest absolute Gasteiger partial charge is 0.341 e. The van der Waals surface area contributed by atoms with Gasteiger partial charge in [-0.2, -0.15) is 5.26 Å². The van der Waals surface area contributed by atoms with Crippen molar-refractivity contribution >= 4 is 5.91 Å². The Morgan fingerprint density at radius 3 is 2.58 bits per heavy atom. The first kappa shape index (κ1) is 16.6. The van der Waals surface area contributed by atoms with E-state index in [-0.39, 0.29) is 5.91 Å². The zero-order valence-electron chi connectivity index (χ0n) is 14.7. The molecule has 1 amide bonds. The van der Waals surface area contributed by atoms with Gasteiger partial charge in [-0.25, -0.2) is 9.97 Å². The second-order valence-corrected chi connectivity index (χ2v) is 7.08. The van der Waals surface area contributed by atoms with Crippen LogP contribution < -0.4 is 0 Å². The van der Waals surface area contributed by atoms with Crippen molar-refractivity contribution in [3.63, 3.8) is 0 Å². The van der Waals surface area contributed by atoms with Gasteiger partial charge in [-0.3, -0.25) is 9.78 Å². The van der Waals surface area contributed by atoms with Crippen LogP contribution in [0.25, 0.3) is 11.3 Å². The number of nitrogens with zero attached hydrogens (tertiary/aromatic N) is 5. The van der Waals surface area contributed by atoms with E-state index in [0.717, 1.165) is 35.4 Å². The van der Waals surface area contributed by atoms with Gasteiger partial charge in [0.25, 0.3) is 0 Å². The predicted molar refractivity (Wildman–Crippen MR) is 95.8 cm³/mol. The van der Waals surface area contributed by atoms with Crippen molar-refractivity contribution < 1.29 is 4.79 Å². The first-order valence-corrected chi connectivity index (χ1v) is 9.17. The van der Waals surface area contributed by atoms with Crippen molar-refractivity contribution in [1.82, 2.24) is 19.9 Å². The van der Waals surface area contributed by atoms with Crippen molar-refractivity contribution in [1.29, 1.82) is 5.26 Å². The number of pyridine rings is 1. The number of hydrogen-bond donors (Lipinski definition) is 0. The molecule has 0 atom stereocenters. The first-order valence-electron chi connectivity index (χ1n) is 9.17. The van der Waals surface area contributed by atoms with Crippen molar-refractivity contribution in [2.24, 2.45) is 5.41 Å². The van der Waals surface area contributed by atoms with Gasteiger partial charge in [0.2, 0.25) is 5.91 Å². The Bertz CT molecular complexity index is 852. The molecular formula is C20H21N5O. The van der Waals surface area contributed by atoms with Gasteiger partial charge in [0.15, 0.2) is 0 Å². The maximum Gasteiger partial charge on any atom is 0.243 e. The smallest absolute Gasteiger partial charge is 0.243 e. The lowest BCUT2D eigenvalue weighted by molar-refractivity contribution is -0.138. The highest BCUT2D eigenvalue weighted by atomic mass is 16.2. The highest BCUT2D eigenvalue weighted by Crippen LogP contribution is 2.39. The van der Waals surface area contributed by atoms with E-state index < -0.39 is 5.41 Å². The summed E-state index contributed by atoms with van der Waals surface area (Å²) in [6, 6.07) is 6.22. The van der Waals surface area contributed by atoms with Crippen LogP contribution in [0, 0.1) is 16.7 Å². The molecule has 6 heteroatoms. The van der Waals surface area contributed by atoms with E-state index in [0.29, 0.717) is 38.8 Å². The Morgan fingerprint density at radius 2 is 1.85 bits per heavy atom. The molecule has 0 unspecified atom stereocenters. The normalized spacial score (nSPS) is 18.7. The molecule has 26 heavy (non-hydrogen) atoms. The maximum atomic E-state index is 13.1. The summed E-state index contributed by atoms with van der Waals surface area (Å²) in [7, 11) is 0. The van der Waals surface area contributed by atoms with Crippen LogP contribution >= 0.6 is 0 Å². The molecule has 3 heterocycles. The summed E-state index contributed by atoms with van der Waals surface area (Å²) in [5, 5.41) is 9.63. The summed E-state index contributed by atoms with van der Waals surface area (Å²) in [5.74, 6) is 0.00345. The monoisotopic (exact) mass is 347 g/mol. The molecule has 1 saturated carbocycles. The Morgan fingerprint density at radius 1 is 1.12 bits per heavy atom. The molecule has 6 nitrogen and oxygen atoms in total. The van der Waals surface area contributed by atoms with E-state index in [2.05, 4.69) is 21.0 Å². The van der Waals surface area contributed by atoms with Crippen LogP contribution in [-0.4, -0.2) is 38.8 Å². The molecule has 0 aromatic carbocycles. The minimum absolute atomic E-state index is 0.00345. The third-order valence-electron chi connectivity index (χ3n) is 5.61. The lowest BCUT2D eigenvalue weighted by Crippen LogP contribution is -2.43. The fraction of sp³-hybridized carbons (Fsp3) is 0.450. The summed E-state index contributed by atoms with van der Waals surface area (Å²) in [6.07, 6.45) is 9.82. The summed E-state index contributed by atoms with van der Waals surface area (Å²) < 4.78 is 0. The minimum atomic E-state index is -0.809. The maximum absolute atomic E-state index is 13.1. The lowest BCUT2D eigenvalue weighted by Gasteiger charge is -2.28. The van der Waals surface area contributed by atoms with E-state index in [1.54, 1.807) is 18.7 Å². The topological polar surface area (TPSA) is 82.8 Å². The molecule has 0 saturated heterocycles. The highest BCUT2D eigenvalue weighted by molar-refractivity contribution is 5.86. The number of carbonyl (C=O) groups is 1. The zero-order chi connectivity index (χ0) is 18.0. The molecule has 0 N–H and O–H groups in total. The van der Waals surface area contributed by atoms with Gasteiger partial charge in [-0.15, -0.1) is 0 Å². The van der Waals surface area contributed by atoms with Crippen LogP contribution in [0.4, 0.5) is 0 Å². The molecule has 0 radical (unpaired) electrons. The van der Waals surface area contributed by atoms with Crippen molar-refractivity contribution in [3.05, 3.63) is 42.1 Å². The second-order valence-electron chi connectivity index (χ2n) is 7.08. The summed E-state index contributed by atoms with van der Waals surface area (Å²) >= 11 is 0. The van der Waals surface area contributed by atoms with Crippen LogP contribution in [-0.2, 0) is 17.6 Å². The molecule has 2 aliphatic rings. The lowest BCUT2D eigenvalue weighted by atomic mass is 9.86. The third kappa shape index (κ3) is 2.84. The number of fused-ring (bicyclic) bond motifs is 1. The average molecular weight is 347 g/mol. The number of nitriles is 1. The van der Waals surface area contributed by atoms with E-state index >= 15 is 0 Å². The van der Waals surface area contributed by atoms with Gasteiger partial charge in [-0.1, -0.05) is 12.8 Å². The second kappa shape index (κ2) is 6.83. The molecule has 2 aromatic heterocycles. The van der Waals surface area contributed by atoms with Gasteiger partial charge in [-0.05, 0) is 31.4 Å². The van der Waals surface area contributed by atoms with Crippen molar-refractivity contribution in [3.8, 4) is 17.3 Å². The Labute approximate surface area is 152 Å². The van der Waals surface area contributed by atoms with Gasteiger partial charge < -0.3 is 4.90 Å². The summed E-state index contributed by atoms with van der Waals surface area (Å²) in [4.78, 5) is 28.0. The molecule has 1 aliphatic heterocycles. The Balaban J connectivity index is 1.60. The van der Waals surface area contributed by atoms with Crippen LogP contribution in [0.2, 0.25) is 0 Å². The third-order valence-corrected chi connectivity index (χ3v) is 5.61. The number of rotatable bonds is 2. The molecular weight excluding hydrogens is 326 g/mol. The summed E-state index contributed by atoms with van der Waals surface area (Å²) in [6.45, 7) is 1.22. The minimum Gasteiger partial charge on any atom is -0.341 e. The Hall–Kier alpha value is -2.81. The zero-order valence-corrected chi connectivity index (χ0v) is 14.7. The van der Waals surface area contributed by atoms with Gasteiger partial charge in [0, 0.05) is 48.7 Å². The van der Waals surface area contributed by atoms with Crippen LogP contribution in [0.3, 0.4) is 0 Å². The summed E-state index contributed by atoms with van der Waals surface area (Å²) in [5.41, 5.74) is 3.23. The highest BCUT2D eigenvalue weighted by Gasteiger charge is 2.44. The first-order chi connectivity index (χ1) is 12.7. The number of amides is 1. The number of carbonyl (C=O) groups excluding carboxylic acids is 1. The van der Waals surface area contributed by atoms with E-state index in [1.165, 1.54) is 0 Å². The predicted octanol–water partition coefficient (Wildman–Crippen LogP) is 2.55. The molecule has 0 spiro atoms. The van der Waals surface area contributed by atoms with Crippen LogP contribution in [0.1, 0.15) is 36.9 Å². The van der Waals surface area contributed by atoms with Gasteiger partial charge in [0.05, 0.1) is 11.8 Å². The average Bonchev–Trinajstić information content (AvgIpc) is 3.09.